The van der Waals surface area contributed by atoms with Crippen molar-refractivity contribution in [2.24, 2.45) is 5.73 Å². The minimum atomic E-state index is -0.696. The second-order valence-electron chi connectivity index (χ2n) is 5.61. The van der Waals surface area contributed by atoms with Crippen LogP contribution in [0.1, 0.15) is 16.1 Å². The summed E-state index contributed by atoms with van der Waals surface area (Å²) < 4.78 is 0. The summed E-state index contributed by atoms with van der Waals surface area (Å²) in [5.41, 5.74) is 16.8. The first-order valence-corrected chi connectivity index (χ1v) is 7.35. The van der Waals surface area contributed by atoms with Crippen molar-refractivity contribution in [1.82, 2.24) is 20.2 Å². The molecule has 4 rings (SSSR count). The zero-order chi connectivity index (χ0) is 16.8. The first-order chi connectivity index (χ1) is 11.6. The molecule has 4 aromatic rings. The van der Waals surface area contributed by atoms with Crippen LogP contribution in [0, 0.1) is 6.92 Å². The molecular formula is C17H14N6O. The minimum Gasteiger partial charge on any atom is -0.396 e. The van der Waals surface area contributed by atoms with Crippen LogP contribution in [0.2, 0.25) is 0 Å². The van der Waals surface area contributed by atoms with Crippen molar-refractivity contribution in [2.45, 2.75) is 6.92 Å². The Kier molecular flexibility index (Phi) is 2.96. The van der Waals surface area contributed by atoms with Gasteiger partial charge in [-0.1, -0.05) is 12.1 Å². The zero-order valence-electron chi connectivity index (χ0n) is 12.9. The van der Waals surface area contributed by atoms with Crippen molar-refractivity contribution < 1.29 is 4.79 Å². The van der Waals surface area contributed by atoms with E-state index in [1.807, 2.05) is 37.4 Å². The first-order valence-electron chi connectivity index (χ1n) is 7.35. The average Bonchev–Trinajstić information content (AvgIpc) is 3.02. The average molecular weight is 318 g/mol. The van der Waals surface area contributed by atoms with Gasteiger partial charge in [-0.15, -0.1) is 10.2 Å². The fraction of sp³-hybridized carbons (Fsp3) is 0.0588. The van der Waals surface area contributed by atoms with E-state index in [0.717, 1.165) is 27.7 Å². The maximum Gasteiger partial charge on any atom is 0.271 e. The molecule has 1 aromatic carbocycles. The number of H-pyrrole nitrogens is 1. The van der Waals surface area contributed by atoms with Crippen LogP contribution in [-0.4, -0.2) is 26.1 Å². The highest BCUT2D eigenvalue weighted by Gasteiger charge is 2.17. The van der Waals surface area contributed by atoms with Crippen molar-refractivity contribution in [3.05, 3.63) is 47.9 Å². The fourth-order valence-corrected chi connectivity index (χ4v) is 2.91. The predicted molar refractivity (Wildman–Crippen MR) is 92.3 cm³/mol. The van der Waals surface area contributed by atoms with E-state index in [9.17, 15) is 4.79 Å². The van der Waals surface area contributed by atoms with Crippen LogP contribution in [-0.2, 0) is 0 Å². The van der Waals surface area contributed by atoms with Crippen molar-refractivity contribution in [2.75, 3.05) is 5.73 Å². The number of aryl methyl sites for hydroxylation is 1. The van der Waals surface area contributed by atoms with Gasteiger partial charge in [0.05, 0.1) is 16.7 Å². The van der Waals surface area contributed by atoms with Gasteiger partial charge in [-0.3, -0.25) is 9.78 Å². The number of nitrogens with zero attached hydrogens (tertiary/aromatic N) is 3. The molecule has 118 valence electrons. The van der Waals surface area contributed by atoms with Crippen LogP contribution < -0.4 is 11.5 Å². The van der Waals surface area contributed by atoms with Gasteiger partial charge in [0.25, 0.3) is 5.91 Å². The fourth-order valence-electron chi connectivity index (χ4n) is 2.91. The van der Waals surface area contributed by atoms with Gasteiger partial charge in [0.2, 0.25) is 0 Å². The summed E-state index contributed by atoms with van der Waals surface area (Å²) in [6, 6.07) is 7.67. The molecule has 0 aliphatic carbocycles. The molecule has 7 heteroatoms. The van der Waals surface area contributed by atoms with Crippen molar-refractivity contribution in [1.29, 1.82) is 0 Å². The first kappa shape index (κ1) is 14.1. The van der Waals surface area contributed by atoms with Gasteiger partial charge in [0, 0.05) is 28.9 Å². The van der Waals surface area contributed by atoms with Gasteiger partial charge in [-0.25, -0.2) is 0 Å². The number of rotatable bonds is 2. The number of benzene rings is 1. The number of fused-ring (bicyclic) bond motifs is 2. The number of nitrogen functional groups attached to an aromatic ring is 1. The molecule has 0 radical (unpaired) electrons. The molecule has 0 unspecified atom stereocenters. The highest BCUT2D eigenvalue weighted by Crippen LogP contribution is 2.34. The predicted octanol–water partition coefficient (Wildman–Crippen LogP) is 2.16. The quantitative estimate of drug-likeness (QED) is 0.522. The molecule has 0 aliphatic heterocycles. The molecule has 3 heterocycles. The molecule has 0 fully saturated rings. The number of nitrogens with one attached hydrogen (secondary N) is 1. The maximum atomic E-state index is 11.4. The number of nitrogens with two attached hydrogens (primary N) is 2. The standard InChI is InChI=1S/C17H14N6O/c1-8-2-3-10-14(18)16(17(19)24)23-22-15(10)13(8)9-6-12-11(21-7-9)4-5-20-12/h2-7,20H,1H3,(H2,18,22)(H2,19,24). The third kappa shape index (κ3) is 1.98. The topological polar surface area (TPSA) is 124 Å². The molecule has 0 atom stereocenters. The van der Waals surface area contributed by atoms with Crippen LogP contribution in [0.4, 0.5) is 5.69 Å². The molecule has 3 aromatic heterocycles. The summed E-state index contributed by atoms with van der Waals surface area (Å²) in [4.78, 5) is 19.0. The molecular weight excluding hydrogens is 304 g/mol. The molecule has 5 N–H and O–H groups in total. The number of carbonyl (C=O) groups excluding carboxylic acids is 1. The molecule has 0 spiro atoms. The maximum absolute atomic E-state index is 11.4. The number of carbonyl (C=O) groups is 1. The van der Waals surface area contributed by atoms with Crippen molar-refractivity contribution >= 4 is 33.5 Å². The summed E-state index contributed by atoms with van der Waals surface area (Å²) in [7, 11) is 0. The lowest BCUT2D eigenvalue weighted by Crippen LogP contribution is -2.16. The highest BCUT2D eigenvalue weighted by atomic mass is 16.1. The highest BCUT2D eigenvalue weighted by molar-refractivity contribution is 6.07. The minimum absolute atomic E-state index is 0.0183. The Morgan fingerprint density at radius 3 is 2.83 bits per heavy atom. The molecule has 24 heavy (non-hydrogen) atoms. The van der Waals surface area contributed by atoms with Crippen molar-refractivity contribution in [3.8, 4) is 11.1 Å². The van der Waals surface area contributed by atoms with E-state index < -0.39 is 5.91 Å². The van der Waals surface area contributed by atoms with Crippen molar-refractivity contribution in [3.63, 3.8) is 0 Å². The van der Waals surface area contributed by atoms with Gasteiger partial charge >= 0.3 is 0 Å². The molecule has 7 nitrogen and oxygen atoms in total. The molecule has 1 amide bonds. The number of aromatic amines is 1. The van der Waals surface area contributed by atoms with Gasteiger partial charge in [-0.05, 0) is 24.6 Å². The SMILES string of the molecule is Cc1ccc2c(N)c(C(N)=O)nnc2c1-c1cnc2cc[nH]c2c1. The second-order valence-corrected chi connectivity index (χ2v) is 5.61. The number of amides is 1. The summed E-state index contributed by atoms with van der Waals surface area (Å²) in [6.45, 7) is 1.98. The van der Waals surface area contributed by atoms with E-state index in [-0.39, 0.29) is 11.4 Å². The number of hydrogen-bond acceptors (Lipinski definition) is 5. The van der Waals surface area contributed by atoms with Crippen LogP contribution in [0.5, 0.6) is 0 Å². The largest absolute Gasteiger partial charge is 0.396 e. The Morgan fingerprint density at radius 2 is 2.04 bits per heavy atom. The molecule has 0 saturated carbocycles. The van der Waals surface area contributed by atoms with Gasteiger partial charge < -0.3 is 16.5 Å². The Morgan fingerprint density at radius 1 is 1.21 bits per heavy atom. The summed E-state index contributed by atoms with van der Waals surface area (Å²) >= 11 is 0. The van der Waals surface area contributed by atoms with E-state index in [1.165, 1.54) is 0 Å². The Labute approximate surface area is 136 Å². The lowest BCUT2D eigenvalue weighted by Gasteiger charge is -2.12. The van der Waals surface area contributed by atoms with E-state index >= 15 is 0 Å². The lowest BCUT2D eigenvalue weighted by atomic mass is 9.97. The number of hydrogen-bond donors (Lipinski definition) is 3. The van der Waals surface area contributed by atoms with E-state index in [0.29, 0.717) is 10.9 Å². The third-order valence-corrected chi connectivity index (χ3v) is 4.10. The Bertz CT molecular complexity index is 1110. The third-order valence-electron chi connectivity index (χ3n) is 4.10. The smallest absolute Gasteiger partial charge is 0.271 e. The summed E-state index contributed by atoms with van der Waals surface area (Å²) in [6.07, 6.45) is 3.63. The zero-order valence-corrected chi connectivity index (χ0v) is 12.9. The Balaban J connectivity index is 2.05. The number of aromatic nitrogens is 4. The van der Waals surface area contributed by atoms with E-state index in [1.54, 1.807) is 6.20 Å². The van der Waals surface area contributed by atoms with Crippen LogP contribution in [0.25, 0.3) is 33.1 Å². The summed E-state index contributed by atoms with van der Waals surface area (Å²) in [5.74, 6) is -0.696. The monoisotopic (exact) mass is 318 g/mol. The van der Waals surface area contributed by atoms with Gasteiger partial charge in [0.15, 0.2) is 5.69 Å². The van der Waals surface area contributed by atoms with Gasteiger partial charge in [0.1, 0.15) is 5.52 Å². The van der Waals surface area contributed by atoms with E-state index in [2.05, 4.69) is 20.2 Å². The lowest BCUT2D eigenvalue weighted by molar-refractivity contribution is 0.0996. The molecule has 0 bridgehead atoms. The number of anilines is 1. The second kappa shape index (κ2) is 5.02. The molecule has 0 aliphatic rings. The number of pyridine rings is 1. The van der Waals surface area contributed by atoms with Crippen LogP contribution in [0.15, 0.2) is 36.7 Å². The van der Waals surface area contributed by atoms with Crippen LogP contribution in [0.3, 0.4) is 0 Å². The van der Waals surface area contributed by atoms with Gasteiger partial charge in [-0.2, -0.15) is 0 Å². The normalized spacial score (nSPS) is 11.2. The molecule has 0 saturated heterocycles. The number of primary amides is 1. The van der Waals surface area contributed by atoms with Crippen LogP contribution >= 0.6 is 0 Å². The van der Waals surface area contributed by atoms with E-state index in [4.69, 9.17) is 11.5 Å². The Hall–Kier alpha value is -3.48. The summed E-state index contributed by atoms with van der Waals surface area (Å²) in [5, 5.41) is 8.75.